The van der Waals surface area contributed by atoms with Crippen molar-refractivity contribution in [2.24, 2.45) is 23.0 Å². The summed E-state index contributed by atoms with van der Waals surface area (Å²) < 4.78 is 5.62. The van der Waals surface area contributed by atoms with Gasteiger partial charge in [-0.05, 0) is 50.4 Å². The van der Waals surface area contributed by atoms with E-state index in [0.717, 1.165) is 31.8 Å². The number of fused-ring (bicyclic) bond motifs is 2. The fraction of sp³-hybridized carbons (Fsp3) is 1.00. The molecule has 3 nitrogen and oxygen atoms in total. The van der Waals surface area contributed by atoms with Crippen molar-refractivity contribution in [3.8, 4) is 0 Å². The maximum atomic E-state index is 11.1. The Morgan fingerprint density at radius 1 is 1.38 bits per heavy atom. The molecule has 3 N–H and O–H groups in total. The van der Waals surface area contributed by atoms with E-state index in [2.05, 4.69) is 0 Å². The maximum Gasteiger partial charge on any atom is 0.0768 e. The van der Waals surface area contributed by atoms with Gasteiger partial charge in [0.05, 0.1) is 12.2 Å². The van der Waals surface area contributed by atoms with Gasteiger partial charge in [-0.3, -0.25) is 0 Å². The normalized spacial score (nSPS) is 52.1. The minimum Gasteiger partial charge on any atom is -0.389 e. The average molecular weight is 225 g/mol. The summed E-state index contributed by atoms with van der Waals surface area (Å²) in [6.45, 7) is 2.09. The molecule has 2 aliphatic carbocycles. The summed E-state index contributed by atoms with van der Waals surface area (Å²) in [5.74, 6) is 1.24. The van der Waals surface area contributed by atoms with Crippen molar-refractivity contribution in [3.05, 3.63) is 0 Å². The molecule has 16 heavy (non-hydrogen) atoms. The van der Waals surface area contributed by atoms with Crippen molar-refractivity contribution < 1.29 is 9.84 Å². The lowest BCUT2D eigenvalue weighted by Crippen LogP contribution is -2.59. The van der Waals surface area contributed by atoms with Crippen LogP contribution in [0.5, 0.6) is 0 Å². The number of ether oxygens (including phenoxy) is 1. The predicted molar refractivity (Wildman–Crippen MR) is 61.9 cm³/mol. The Labute approximate surface area is 97.3 Å². The summed E-state index contributed by atoms with van der Waals surface area (Å²) in [7, 11) is 0. The number of nitrogens with two attached hydrogens (primary N) is 1. The SMILES string of the molecule is NCC1(C2(O)CC3CCC2C3)CCCOC1. The molecule has 1 heterocycles. The average Bonchev–Trinajstić information content (AvgIpc) is 2.90. The second-order valence-electron chi connectivity index (χ2n) is 6.14. The maximum absolute atomic E-state index is 11.1. The van der Waals surface area contributed by atoms with Crippen molar-refractivity contribution in [3.63, 3.8) is 0 Å². The Bertz CT molecular complexity index is 275. The first-order valence-electron chi connectivity index (χ1n) is 6.70. The van der Waals surface area contributed by atoms with Crippen LogP contribution in [0.1, 0.15) is 38.5 Å². The molecule has 4 unspecified atom stereocenters. The quantitative estimate of drug-likeness (QED) is 0.744. The zero-order valence-corrected chi connectivity index (χ0v) is 9.95. The third kappa shape index (κ3) is 1.31. The van der Waals surface area contributed by atoms with Crippen molar-refractivity contribution >= 4 is 0 Å². The minimum absolute atomic E-state index is 0.148. The van der Waals surface area contributed by atoms with Crippen LogP contribution in [-0.2, 0) is 4.74 Å². The highest BCUT2D eigenvalue weighted by Gasteiger charge is 2.60. The van der Waals surface area contributed by atoms with Gasteiger partial charge in [0.2, 0.25) is 0 Å². The van der Waals surface area contributed by atoms with E-state index in [4.69, 9.17) is 10.5 Å². The molecule has 3 aliphatic rings. The van der Waals surface area contributed by atoms with E-state index >= 15 is 0 Å². The Balaban J connectivity index is 1.88. The van der Waals surface area contributed by atoms with E-state index < -0.39 is 5.60 Å². The first-order valence-corrected chi connectivity index (χ1v) is 6.70. The molecule has 0 aromatic heterocycles. The first kappa shape index (κ1) is 11.0. The number of aliphatic hydroxyl groups is 1. The Hall–Kier alpha value is -0.120. The van der Waals surface area contributed by atoms with Crippen molar-refractivity contribution in [2.45, 2.75) is 44.1 Å². The smallest absolute Gasteiger partial charge is 0.0768 e. The summed E-state index contributed by atoms with van der Waals surface area (Å²) in [5.41, 5.74) is 5.32. The fourth-order valence-electron chi connectivity index (χ4n) is 4.48. The molecule has 0 radical (unpaired) electrons. The summed E-state index contributed by atoms with van der Waals surface area (Å²) in [6.07, 6.45) is 6.80. The van der Waals surface area contributed by atoms with Crippen LogP contribution in [0.2, 0.25) is 0 Å². The highest BCUT2D eigenvalue weighted by Crippen LogP contribution is 2.59. The molecule has 1 saturated heterocycles. The largest absolute Gasteiger partial charge is 0.389 e. The van der Waals surface area contributed by atoms with Gasteiger partial charge in [-0.25, -0.2) is 0 Å². The topological polar surface area (TPSA) is 55.5 Å². The van der Waals surface area contributed by atoms with E-state index in [1.54, 1.807) is 0 Å². The molecule has 2 bridgehead atoms. The van der Waals surface area contributed by atoms with Crippen molar-refractivity contribution in [1.82, 2.24) is 0 Å². The van der Waals surface area contributed by atoms with Crippen LogP contribution >= 0.6 is 0 Å². The Kier molecular flexibility index (Phi) is 2.54. The van der Waals surface area contributed by atoms with Crippen LogP contribution in [-0.4, -0.2) is 30.5 Å². The van der Waals surface area contributed by atoms with Gasteiger partial charge >= 0.3 is 0 Å². The molecule has 0 spiro atoms. The molecule has 92 valence electrons. The van der Waals surface area contributed by atoms with Gasteiger partial charge in [-0.15, -0.1) is 0 Å². The molecular weight excluding hydrogens is 202 g/mol. The summed E-state index contributed by atoms with van der Waals surface area (Å²) in [5, 5.41) is 11.1. The second-order valence-corrected chi connectivity index (χ2v) is 6.14. The molecule has 4 atom stereocenters. The van der Waals surface area contributed by atoms with E-state index in [1.807, 2.05) is 0 Å². The van der Waals surface area contributed by atoms with Gasteiger partial charge in [0.25, 0.3) is 0 Å². The molecule has 2 saturated carbocycles. The van der Waals surface area contributed by atoms with E-state index in [9.17, 15) is 5.11 Å². The zero-order valence-electron chi connectivity index (χ0n) is 9.95. The van der Waals surface area contributed by atoms with Crippen LogP contribution in [0, 0.1) is 17.3 Å². The molecule has 1 aliphatic heterocycles. The third-order valence-corrected chi connectivity index (χ3v) is 5.45. The molecule has 0 aromatic carbocycles. The molecule has 3 heteroatoms. The van der Waals surface area contributed by atoms with Crippen LogP contribution < -0.4 is 5.73 Å². The summed E-state index contributed by atoms with van der Waals surface area (Å²) >= 11 is 0. The predicted octanol–water partition coefficient (Wildman–Crippen LogP) is 1.29. The fourth-order valence-corrected chi connectivity index (χ4v) is 4.48. The molecular formula is C13H23NO2. The van der Waals surface area contributed by atoms with Gasteiger partial charge in [0.15, 0.2) is 0 Å². The van der Waals surface area contributed by atoms with Crippen LogP contribution in [0.25, 0.3) is 0 Å². The molecule has 3 rings (SSSR count). The van der Waals surface area contributed by atoms with Crippen LogP contribution in [0.4, 0.5) is 0 Å². The van der Waals surface area contributed by atoms with Crippen molar-refractivity contribution in [2.75, 3.05) is 19.8 Å². The third-order valence-electron chi connectivity index (χ3n) is 5.45. The van der Waals surface area contributed by atoms with Crippen LogP contribution in [0.3, 0.4) is 0 Å². The summed E-state index contributed by atoms with van der Waals surface area (Å²) in [4.78, 5) is 0. The lowest BCUT2D eigenvalue weighted by atomic mass is 9.62. The second kappa shape index (κ2) is 3.69. The standard InChI is InChI=1S/C13H23NO2/c14-8-12(4-1-5-16-9-12)13(15)7-10-2-3-11(13)6-10/h10-11,15H,1-9,14H2. The van der Waals surface area contributed by atoms with Crippen LogP contribution in [0.15, 0.2) is 0 Å². The number of hydrogen-bond donors (Lipinski definition) is 2. The summed E-state index contributed by atoms with van der Waals surface area (Å²) in [6, 6.07) is 0. The lowest BCUT2D eigenvalue weighted by molar-refractivity contribution is -0.168. The van der Waals surface area contributed by atoms with Gasteiger partial charge in [0, 0.05) is 18.6 Å². The lowest BCUT2D eigenvalue weighted by Gasteiger charge is -2.51. The van der Waals surface area contributed by atoms with Gasteiger partial charge in [-0.2, -0.15) is 0 Å². The zero-order chi connectivity index (χ0) is 11.2. The minimum atomic E-state index is -0.523. The highest BCUT2D eigenvalue weighted by molar-refractivity contribution is 5.11. The van der Waals surface area contributed by atoms with Gasteiger partial charge in [-0.1, -0.05) is 0 Å². The molecule has 0 amide bonds. The Morgan fingerprint density at radius 3 is 2.75 bits per heavy atom. The van der Waals surface area contributed by atoms with E-state index in [-0.39, 0.29) is 5.41 Å². The monoisotopic (exact) mass is 225 g/mol. The number of rotatable bonds is 2. The van der Waals surface area contributed by atoms with E-state index in [1.165, 1.54) is 19.3 Å². The van der Waals surface area contributed by atoms with E-state index in [0.29, 0.717) is 19.1 Å². The molecule has 0 aromatic rings. The Morgan fingerprint density at radius 2 is 2.25 bits per heavy atom. The van der Waals surface area contributed by atoms with Crippen molar-refractivity contribution in [1.29, 1.82) is 0 Å². The first-order chi connectivity index (χ1) is 7.70. The van der Waals surface area contributed by atoms with Gasteiger partial charge < -0.3 is 15.6 Å². The molecule has 3 fully saturated rings. The highest BCUT2D eigenvalue weighted by atomic mass is 16.5. The number of hydrogen-bond acceptors (Lipinski definition) is 3. The van der Waals surface area contributed by atoms with Gasteiger partial charge in [0.1, 0.15) is 0 Å².